The number of nitrogens with one attached hydrogen (secondary N) is 1. The summed E-state index contributed by atoms with van der Waals surface area (Å²) in [7, 11) is -0.107. The Labute approximate surface area is 300 Å². The number of benzene rings is 1. The van der Waals surface area contributed by atoms with E-state index in [4.69, 9.17) is 14.2 Å². The number of alkyl carbamates (subject to hydrolysis) is 1. The van der Waals surface area contributed by atoms with E-state index < -0.39 is 63.6 Å². The second-order valence-electron chi connectivity index (χ2n) is 13.4. The molecule has 4 aromatic heterocycles. The summed E-state index contributed by atoms with van der Waals surface area (Å²) in [4.78, 5) is 43.9. The van der Waals surface area contributed by atoms with E-state index in [0.717, 1.165) is 3.97 Å². The van der Waals surface area contributed by atoms with Gasteiger partial charge in [0, 0.05) is 26.3 Å². The molecule has 4 heterocycles. The lowest BCUT2D eigenvalue weighted by atomic mass is 10.2. The second kappa shape index (κ2) is 13.2. The summed E-state index contributed by atoms with van der Waals surface area (Å²) in [5.74, 6) is -1.54. The van der Waals surface area contributed by atoms with Gasteiger partial charge in [0.05, 0.1) is 62.5 Å². The summed E-state index contributed by atoms with van der Waals surface area (Å²) in [5.41, 5.74) is -0.836. The highest BCUT2D eigenvalue weighted by molar-refractivity contribution is 9.10. The Morgan fingerprint density at radius 2 is 1.82 bits per heavy atom. The van der Waals surface area contributed by atoms with E-state index in [1.807, 2.05) is 0 Å². The molecule has 1 fully saturated rings. The first-order valence-corrected chi connectivity index (χ1v) is 18.2. The van der Waals surface area contributed by atoms with Gasteiger partial charge in [-0.1, -0.05) is 18.2 Å². The zero-order valence-electron chi connectivity index (χ0n) is 28.9. The second-order valence-corrected chi connectivity index (χ2v) is 16.0. The Morgan fingerprint density at radius 3 is 2.43 bits per heavy atom. The number of hydrogen-bond acceptors (Lipinski definition) is 10. The molecule has 1 aliphatic rings. The molecule has 1 aromatic carbocycles. The van der Waals surface area contributed by atoms with Gasteiger partial charge in [0.2, 0.25) is 5.95 Å². The van der Waals surface area contributed by atoms with E-state index in [2.05, 4.69) is 31.3 Å². The highest BCUT2D eigenvalue weighted by atomic mass is 79.9. The molecule has 5 aromatic rings. The molecule has 0 bridgehead atoms. The van der Waals surface area contributed by atoms with Crippen molar-refractivity contribution in [2.45, 2.75) is 75.3 Å². The van der Waals surface area contributed by atoms with E-state index in [-0.39, 0.29) is 44.5 Å². The Morgan fingerprint density at radius 1 is 1.14 bits per heavy atom. The highest BCUT2D eigenvalue weighted by Crippen LogP contribution is 2.44. The van der Waals surface area contributed by atoms with Crippen molar-refractivity contribution in [2.24, 2.45) is 14.1 Å². The Bertz CT molecular complexity index is 2340. The summed E-state index contributed by atoms with van der Waals surface area (Å²) in [5, 5.41) is 6.87. The molecule has 0 saturated heterocycles. The molecule has 1 saturated carbocycles. The molecule has 6 rings (SSSR count). The SMILES string of the molecule is COC(=O)C(C)O[C@@H]1C[C@@H](n2c(=O)n(C)c3cnc4c(c(Br)c(-c5cn(C)nc5F)n4S(=O)(=O)c4ccccc4)c32)C[C@@H]1NC(=O)OC(C)(C)C. The van der Waals surface area contributed by atoms with Gasteiger partial charge in [-0.05, 0) is 68.6 Å². The van der Waals surface area contributed by atoms with Gasteiger partial charge in [0.15, 0.2) is 11.8 Å². The van der Waals surface area contributed by atoms with Crippen LogP contribution in [0.1, 0.15) is 46.6 Å². The quantitative estimate of drug-likeness (QED) is 0.222. The van der Waals surface area contributed by atoms with Crippen LogP contribution in [-0.4, -0.2) is 79.3 Å². The third kappa shape index (κ3) is 6.44. The number of carbonyl (C=O) groups is 2. The van der Waals surface area contributed by atoms with Crippen LogP contribution < -0.4 is 11.0 Å². The van der Waals surface area contributed by atoms with Gasteiger partial charge in [0.25, 0.3) is 10.0 Å². The van der Waals surface area contributed by atoms with Crippen LogP contribution in [0.2, 0.25) is 0 Å². The summed E-state index contributed by atoms with van der Waals surface area (Å²) in [6.45, 7) is 6.69. The summed E-state index contributed by atoms with van der Waals surface area (Å²) < 4.78 is 65.8. The third-order valence-corrected chi connectivity index (χ3v) is 11.2. The average Bonchev–Trinajstić information content (AvgIpc) is 3.77. The first-order valence-electron chi connectivity index (χ1n) is 16.0. The molecule has 18 heteroatoms. The van der Waals surface area contributed by atoms with Crippen molar-refractivity contribution >= 4 is 60.1 Å². The highest BCUT2D eigenvalue weighted by Gasteiger charge is 2.42. The number of amides is 1. The normalized spacial score (nSPS) is 18.7. The number of methoxy groups -OCH3 is 1. The van der Waals surface area contributed by atoms with Crippen LogP contribution in [0.15, 0.2) is 56.9 Å². The molecule has 1 aliphatic carbocycles. The zero-order valence-corrected chi connectivity index (χ0v) is 31.3. The fourth-order valence-corrected chi connectivity index (χ4v) is 8.93. The maximum atomic E-state index is 15.4. The predicted molar refractivity (Wildman–Crippen MR) is 187 cm³/mol. The molecule has 0 aliphatic heterocycles. The van der Waals surface area contributed by atoms with Crippen LogP contribution >= 0.6 is 15.9 Å². The molecule has 0 radical (unpaired) electrons. The van der Waals surface area contributed by atoms with E-state index in [1.54, 1.807) is 46.0 Å². The minimum atomic E-state index is -4.40. The number of rotatable bonds is 8. The lowest BCUT2D eigenvalue weighted by Crippen LogP contribution is -2.45. The number of aryl methyl sites for hydroxylation is 2. The number of pyridine rings is 1. The number of halogens is 2. The van der Waals surface area contributed by atoms with Crippen LogP contribution in [0.4, 0.5) is 9.18 Å². The van der Waals surface area contributed by atoms with Crippen LogP contribution in [0.5, 0.6) is 0 Å². The maximum Gasteiger partial charge on any atom is 0.407 e. The predicted octanol–water partition coefficient (Wildman–Crippen LogP) is 4.40. The average molecular weight is 791 g/mol. The van der Waals surface area contributed by atoms with Crippen molar-refractivity contribution < 1.29 is 36.6 Å². The molecule has 0 spiro atoms. The van der Waals surface area contributed by atoms with Crippen LogP contribution in [0.25, 0.3) is 33.3 Å². The number of carbonyl (C=O) groups excluding carboxylic acids is 2. The molecular formula is C33H37BrFN7O8S. The Kier molecular flexibility index (Phi) is 9.39. The number of fused-ring (bicyclic) bond motifs is 3. The van der Waals surface area contributed by atoms with E-state index >= 15 is 4.39 Å². The first kappa shape index (κ1) is 36.2. The number of esters is 1. The number of ether oxygens (including phenoxy) is 3. The molecule has 1 N–H and O–H groups in total. The van der Waals surface area contributed by atoms with Gasteiger partial charge >= 0.3 is 17.8 Å². The van der Waals surface area contributed by atoms with Crippen molar-refractivity contribution in [3.05, 3.63) is 63.6 Å². The van der Waals surface area contributed by atoms with Crippen molar-refractivity contribution in [2.75, 3.05) is 7.11 Å². The molecule has 15 nitrogen and oxygen atoms in total. The van der Waals surface area contributed by atoms with Crippen molar-refractivity contribution in [1.82, 2.24) is 33.2 Å². The van der Waals surface area contributed by atoms with E-state index in [1.165, 1.54) is 59.4 Å². The standard InChI is InChI=1S/C33H37BrFN7O8S/c1-17(30(43)48-7)49-23-14-18(13-21(23)37-31(44)50-33(2,3)4)41-27-22(40(6)32(41)45)15-36-29-24(27)25(34)26(20-16-39(5)38-28(20)35)42(29)51(46,47)19-11-9-8-10-12-19/h8-12,15-18,21,23H,13-14H2,1-7H3,(H,37,44)/t17?,18-,21-,23+/m0/s1. The number of nitrogens with zero attached hydrogens (tertiary/aromatic N) is 6. The molecule has 4 atom stereocenters. The zero-order chi connectivity index (χ0) is 37.2. The van der Waals surface area contributed by atoms with Gasteiger partial charge in [-0.15, -0.1) is 5.10 Å². The fourth-order valence-electron chi connectivity index (χ4n) is 6.55. The Hall–Kier alpha value is -4.55. The Balaban J connectivity index is 1.58. The van der Waals surface area contributed by atoms with Crippen molar-refractivity contribution in [3.8, 4) is 11.3 Å². The number of aromatic nitrogens is 6. The summed E-state index contributed by atoms with van der Waals surface area (Å²) in [6.07, 6.45) is 0.614. The third-order valence-electron chi connectivity index (χ3n) is 8.71. The van der Waals surface area contributed by atoms with Gasteiger partial charge < -0.3 is 19.5 Å². The maximum absolute atomic E-state index is 15.4. The van der Waals surface area contributed by atoms with Crippen molar-refractivity contribution in [3.63, 3.8) is 0 Å². The van der Waals surface area contributed by atoms with E-state index in [9.17, 15) is 22.8 Å². The first-order chi connectivity index (χ1) is 23.9. The summed E-state index contributed by atoms with van der Waals surface area (Å²) >= 11 is 3.58. The lowest BCUT2D eigenvalue weighted by Gasteiger charge is -2.26. The molecule has 51 heavy (non-hydrogen) atoms. The molecular weight excluding hydrogens is 753 g/mol. The molecule has 272 valence electrons. The topological polar surface area (TPSA) is 171 Å². The summed E-state index contributed by atoms with van der Waals surface area (Å²) in [6, 6.07) is 6.30. The van der Waals surface area contributed by atoms with E-state index in [0.29, 0.717) is 11.0 Å². The minimum absolute atomic E-state index is 0.0654. The number of hydrogen-bond donors (Lipinski definition) is 1. The molecule has 1 amide bonds. The van der Waals surface area contributed by atoms with Gasteiger partial charge in [-0.25, -0.2) is 31.8 Å². The smallest absolute Gasteiger partial charge is 0.407 e. The molecule has 1 unspecified atom stereocenters. The van der Waals surface area contributed by atoms with Crippen LogP contribution in [-0.2, 0) is 43.1 Å². The largest absolute Gasteiger partial charge is 0.467 e. The van der Waals surface area contributed by atoms with Crippen LogP contribution in [0.3, 0.4) is 0 Å². The van der Waals surface area contributed by atoms with Crippen molar-refractivity contribution in [1.29, 1.82) is 0 Å². The minimum Gasteiger partial charge on any atom is -0.467 e. The fraction of sp³-hybridized carbons (Fsp3) is 0.424. The van der Waals surface area contributed by atoms with Gasteiger partial charge in [-0.3, -0.25) is 13.8 Å². The lowest BCUT2D eigenvalue weighted by molar-refractivity contribution is -0.157. The monoisotopic (exact) mass is 789 g/mol. The van der Waals surface area contributed by atoms with Crippen LogP contribution in [0, 0.1) is 5.95 Å². The van der Waals surface area contributed by atoms with Gasteiger partial charge in [-0.2, -0.15) is 4.39 Å². The number of imidazole rings is 1. The van der Waals surface area contributed by atoms with Gasteiger partial charge in [0.1, 0.15) is 5.60 Å².